The highest BCUT2D eigenvalue weighted by Crippen LogP contribution is 2.28. The van der Waals surface area contributed by atoms with Gasteiger partial charge < -0.3 is 20.1 Å². The van der Waals surface area contributed by atoms with Crippen molar-refractivity contribution in [2.24, 2.45) is 5.92 Å². The number of carbonyl (C=O) groups is 1. The number of alkyl halides is 3. The smallest absolute Gasteiger partial charge is 0.422 e. The second-order valence-electron chi connectivity index (χ2n) is 5.78. The first-order valence-electron chi connectivity index (χ1n) is 7.76. The molecular weight excluding hydrogens is 325 g/mol. The third-order valence-electron chi connectivity index (χ3n) is 3.73. The topological polar surface area (TPSA) is 59.6 Å². The van der Waals surface area contributed by atoms with Gasteiger partial charge in [0, 0.05) is 6.04 Å². The molecule has 5 nitrogen and oxygen atoms in total. The zero-order chi connectivity index (χ0) is 17.6. The van der Waals surface area contributed by atoms with Crippen molar-refractivity contribution in [2.45, 2.75) is 25.6 Å². The number of hydrogen-bond donors (Lipinski definition) is 2. The van der Waals surface area contributed by atoms with E-state index in [-0.39, 0.29) is 30.1 Å². The van der Waals surface area contributed by atoms with Crippen molar-refractivity contribution >= 4 is 5.91 Å². The number of rotatable bonds is 6. The summed E-state index contributed by atoms with van der Waals surface area (Å²) < 4.78 is 46.8. The first kappa shape index (κ1) is 18.4. The Morgan fingerprint density at radius 3 is 2.58 bits per heavy atom. The summed E-state index contributed by atoms with van der Waals surface area (Å²) in [5, 5.41) is 6.13. The maximum atomic E-state index is 12.2. The van der Waals surface area contributed by atoms with Crippen molar-refractivity contribution in [1.82, 2.24) is 10.6 Å². The second kappa shape index (κ2) is 8.23. The SMILES string of the molecule is CC1CNCCC1NC(=O)COc1ccccc1OCC(F)(F)F. The lowest BCUT2D eigenvalue weighted by Gasteiger charge is -2.30. The molecule has 134 valence electrons. The fraction of sp³-hybridized carbons (Fsp3) is 0.562. The molecule has 0 spiro atoms. The summed E-state index contributed by atoms with van der Waals surface area (Å²) in [4.78, 5) is 12.0. The maximum absolute atomic E-state index is 12.2. The summed E-state index contributed by atoms with van der Waals surface area (Å²) in [5.41, 5.74) is 0. The molecular formula is C16H21F3N2O3. The van der Waals surface area contributed by atoms with Gasteiger partial charge in [-0.15, -0.1) is 0 Å². The molecule has 2 N–H and O–H groups in total. The van der Waals surface area contributed by atoms with E-state index < -0.39 is 12.8 Å². The van der Waals surface area contributed by atoms with Gasteiger partial charge in [0.2, 0.25) is 0 Å². The summed E-state index contributed by atoms with van der Waals surface area (Å²) in [5.74, 6) is 0.0672. The average molecular weight is 346 g/mol. The predicted molar refractivity (Wildman–Crippen MR) is 82.1 cm³/mol. The van der Waals surface area contributed by atoms with Gasteiger partial charge in [-0.1, -0.05) is 19.1 Å². The number of hydrogen-bond acceptors (Lipinski definition) is 4. The molecule has 8 heteroatoms. The van der Waals surface area contributed by atoms with Gasteiger partial charge in [-0.3, -0.25) is 4.79 Å². The maximum Gasteiger partial charge on any atom is 0.422 e. The predicted octanol–water partition coefficient (Wildman–Crippen LogP) is 2.12. The molecule has 1 heterocycles. The van der Waals surface area contributed by atoms with Gasteiger partial charge in [-0.05, 0) is 37.6 Å². The number of ether oxygens (including phenoxy) is 2. The summed E-state index contributed by atoms with van der Waals surface area (Å²) in [7, 11) is 0. The van der Waals surface area contributed by atoms with Gasteiger partial charge in [0.25, 0.3) is 5.91 Å². The Hall–Kier alpha value is -1.96. The molecule has 2 rings (SSSR count). The summed E-state index contributed by atoms with van der Waals surface area (Å²) in [6.07, 6.45) is -3.60. The molecule has 24 heavy (non-hydrogen) atoms. The van der Waals surface area contributed by atoms with Gasteiger partial charge in [0.1, 0.15) is 0 Å². The van der Waals surface area contributed by atoms with Gasteiger partial charge in [-0.2, -0.15) is 13.2 Å². The van der Waals surface area contributed by atoms with E-state index in [2.05, 4.69) is 10.6 Å². The highest BCUT2D eigenvalue weighted by molar-refractivity contribution is 5.78. The van der Waals surface area contributed by atoms with Crippen molar-refractivity contribution in [3.05, 3.63) is 24.3 Å². The van der Waals surface area contributed by atoms with E-state index in [0.29, 0.717) is 5.92 Å². The first-order valence-corrected chi connectivity index (χ1v) is 7.76. The third-order valence-corrected chi connectivity index (χ3v) is 3.73. The fourth-order valence-electron chi connectivity index (χ4n) is 2.47. The molecule has 1 aliphatic rings. The quantitative estimate of drug-likeness (QED) is 0.828. The fourth-order valence-corrected chi connectivity index (χ4v) is 2.47. The third kappa shape index (κ3) is 5.92. The minimum absolute atomic E-state index is 0.0436. The Kier molecular flexibility index (Phi) is 6.30. The van der Waals surface area contributed by atoms with Crippen LogP contribution in [0.5, 0.6) is 11.5 Å². The van der Waals surface area contributed by atoms with E-state index >= 15 is 0 Å². The lowest BCUT2D eigenvalue weighted by atomic mass is 9.95. The minimum Gasteiger partial charge on any atom is -0.480 e. The van der Waals surface area contributed by atoms with Gasteiger partial charge >= 0.3 is 6.18 Å². The molecule has 1 amide bonds. The van der Waals surface area contributed by atoms with Crippen molar-refractivity contribution in [3.8, 4) is 11.5 Å². The monoisotopic (exact) mass is 346 g/mol. The van der Waals surface area contributed by atoms with E-state index in [1.165, 1.54) is 18.2 Å². The van der Waals surface area contributed by atoms with Crippen LogP contribution in [0, 0.1) is 5.92 Å². The van der Waals surface area contributed by atoms with E-state index in [0.717, 1.165) is 19.5 Å². The zero-order valence-electron chi connectivity index (χ0n) is 13.4. The second-order valence-corrected chi connectivity index (χ2v) is 5.78. The van der Waals surface area contributed by atoms with Crippen LogP contribution in [-0.2, 0) is 4.79 Å². The normalized spacial score (nSPS) is 21.2. The lowest BCUT2D eigenvalue weighted by molar-refractivity contribution is -0.153. The molecule has 1 saturated heterocycles. The van der Waals surface area contributed by atoms with E-state index in [1.807, 2.05) is 6.92 Å². The lowest BCUT2D eigenvalue weighted by Crippen LogP contribution is -2.49. The molecule has 0 saturated carbocycles. The molecule has 0 radical (unpaired) electrons. The molecule has 0 bridgehead atoms. The van der Waals surface area contributed by atoms with Gasteiger partial charge in [0.05, 0.1) is 0 Å². The Bertz CT molecular complexity index is 552. The molecule has 2 atom stereocenters. The summed E-state index contributed by atoms with van der Waals surface area (Å²) >= 11 is 0. The van der Waals surface area contributed by atoms with Crippen LogP contribution in [0.2, 0.25) is 0 Å². The number of amides is 1. The van der Waals surface area contributed by atoms with Crippen molar-refractivity contribution in [3.63, 3.8) is 0 Å². The Morgan fingerprint density at radius 1 is 1.29 bits per heavy atom. The first-order chi connectivity index (χ1) is 11.3. The molecule has 0 aliphatic carbocycles. The average Bonchev–Trinajstić information content (AvgIpc) is 2.53. The Balaban J connectivity index is 1.86. The van der Waals surface area contributed by atoms with Crippen molar-refractivity contribution in [1.29, 1.82) is 0 Å². The number of benzene rings is 1. The Labute approximate surface area is 138 Å². The van der Waals surface area contributed by atoms with E-state index in [4.69, 9.17) is 9.47 Å². The highest BCUT2D eigenvalue weighted by Gasteiger charge is 2.29. The number of carbonyl (C=O) groups excluding carboxylic acids is 1. The van der Waals surface area contributed by atoms with Crippen LogP contribution in [0.15, 0.2) is 24.3 Å². The van der Waals surface area contributed by atoms with E-state index in [9.17, 15) is 18.0 Å². The van der Waals surface area contributed by atoms with Crippen LogP contribution in [0.1, 0.15) is 13.3 Å². The molecule has 1 aromatic rings. The number of nitrogens with one attached hydrogen (secondary N) is 2. The Morgan fingerprint density at radius 2 is 1.96 bits per heavy atom. The van der Waals surface area contributed by atoms with Crippen LogP contribution in [0.25, 0.3) is 0 Å². The molecule has 0 aromatic heterocycles. The van der Waals surface area contributed by atoms with Gasteiger partial charge in [-0.25, -0.2) is 0 Å². The molecule has 1 aliphatic heterocycles. The van der Waals surface area contributed by atoms with Crippen molar-refractivity contribution < 1.29 is 27.4 Å². The largest absolute Gasteiger partial charge is 0.480 e. The summed E-state index contributed by atoms with van der Waals surface area (Å²) in [6.45, 7) is 2.03. The standard InChI is InChI=1S/C16H21F3N2O3/c1-11-8-20-7-6-12(11)21-15(22)9-23-13-4-2-3-5-14(13)24-10-16(17,18)19/h2-5,11-12,20H,6-10H2,1H3,(H,21,22). The minimum atomic E-state index is -4.43. The van der Waals surface area contributed by atoms with Crippen molar-refractivity contribution in [2.75, 3.05) is 26.3 Å². The number of piperidine rings is 1. The van der Waals surface area contributed by atoms with Crippen LogP contribution < -0.4 is 20.1 Å². The van der Waals surface area contributed by atoms with Crippen LogP contribution in [0.4, 0.5) is 13.2 Å². The van der Waals surface area contributed by atoms with E-state index in [1.54, 1.807) is 6.07 Å². The summed E-state index contributed by atoms with van der Waals surface area (Å²) in [6, 6.07) is 6.04. The van der Waals surface area contributed by atoms with Crippen LogP contribution in [0.3, 0.4) is 0 Å². The number of halogens is 3. The molecule has 1 aromatic carbocycles. The molecule has 2 unspecified atom stereocenters. The van der Waals surface area contributed by atoms with Crippen LogP contribution in [-0.4, -0.2) is 44.4 Å². The molecule has 1 fully saturated rings. The number of para-hydroxylation sites is 2. The highest BCUT2D eigenvalue weighted by atomic mass is 19.4. The van der Waals surface area contributed by atoms with Gasteiger partial charge in [0.15, 0.2) is 24.7 Å². The van der Waals surface area contributed by atoms with Crippen LogP contribution >= 0.6 is 0 Å². The zero-order valence-corrected chi connectivity index (χ0v) is 13.4.